The number of halogens is 1. The first-order chi connectivity index (χ1) is 16.6. The summed E-state index contributed by atoms with van der Waals surface area (Å²) >= 11 is 6.24. The van der Waals surface area contributed by atoms with E-state index in [9.17, 15) is 14.9 Å². The fourth-order valence-electron chi connectivity index (χ4n) is 3.49. The Kier molecular flexibility index (Phi) is 6.57. The third-order valence-electron chi connectivity index (χ3n) is 5.42. The summed E-state index contributed by atoms with van der Waals surface area (Å²) in [6.45, 7) is 7.46. The van der Waals surface area contributed by atoms with Crippen molar-refractivity contribution in [2.24, 2.45) is 0 Å². The number of anilines is 1. The number of nitro groups is 1. The molecule has 0 unspecified atom stereocenters. The van der Waals surface area contributed by atoms with Crippen LogP contribution in [-0.2, 0) is 6.54 Å². The van der Waals surface area contributed by atoms with E-state index in [2.05, 4.69) is 15.6 Å². The summed E-state index contributed by atoms with van der Waals surface area (Å²) in [5.74, 6) is 0.561. The molecule has 0 fully saturated rings. The highest BCUT2D eigenvalue weighted by molar-refractivity contribution is 6.31. The number of non-ortho nitro benzene ring substituents is 1. The average Bonchev–Trinajstić information content (AvgIpc) is 3.29. The standard InChI is InChI=1S/C24H22ClN5O5/c1-13-5-7-19(8-6-13)34-20-10-17(9-18(11-20)30(32)33)26-24(31)23-21(16(4)35-28-23)12-29-15(3)22(25)14(2)27-29/h5-11H,12H2,1-4H3,(H,26,31). The number of aromatic nitrogens is 3. The first-order valence-corrected chi connectivity index (χ1v) is 11.0. The maximum atomic E-state index is 13.1. The predicted molar refractivity (Wildman–Crippen MR) is 129 cm³/mol. The molecule has 1 N–H and O–H groups in total. The summed E-state index contributed by atoms with van der Waals surface area (Å²) in [5, 5.41) is 23.0. The smallest absolute Gasteiger partial charge is 0.278 e. The average molecular weight is 496 g/mol. The van der Waals surface area contributed by atoms with Gasteiger partial charge in [-0.2, -0.15) is 5.10 Å². The van der Waals surface area contributed by atoms with E-state index in [1.165, 1.54) is 18.2 Å². The molecule has 4 rings (SSSR count). The van der Waals surface area contributed by atoms with Crippen LogP contribution in [0.25, 0.3) is 0 Å². The number of nitro benzene ring substituents is 1. The number of amides is 1. The van der Waals surface area contributed by atoms with E-state index in [4.69, 9.17) is 20.9 Å². The first-order valence-electron chi connectivity index (χ1n) is 10.6. The molecule has 0 bridgehead atoms. The zero-order valence-electron chi connectivity index (χ0n) is 19.5. The van der Waals surface area contributed by atoms with Gasteiger partial charge in [0.2, 0.25) is 0 Å². The van der Waals surface area contributed by atoms with Gasteiger partial charge in [0.05, 0.1) is 39.6 Å². The van der Waals surface area contributed by atoms with E-state index in [-0.39, 0.29) is 29.4 Å². The van der Waals surface area contributed by atoms with Gasteiger partial charge >= 0.3 is 0 Å². The summed E-state index contributed by atoms with van der Waals surface area (Å²) < 4.78 is 12.7. The van der Waals surface area contributed by atoms with Gasteiger partial charge in [0, 0.05) is 17.7 Å². The van der Waals surface area contributed by atoms with Crippen molar-refractivity contribution in [3.8, 4) is 11.5 Å². The molecule has 0 saturated heterocycles. The maximum Gasteiger partial charge on any atom is 0.278 e. The number of rotatable bonds is 7. The molecule has 4 aromatic rings. The monoisotopic (exact) mass is 495 g/mol. The van der Waals surface area contributed by atoms with Gasteiger partial charge in [-0.25, -0.2) is 0 Å². The lowest BCUT2D eigenvalue weighted by Gasteiger charge is -2.10. The molecule has 2 aromatic carbocycles. The normalized spacial score (nSPS) is 10.9. The molecule has 11 heteroatoms. The number of aryl methyl sites for hydroxylation is 3. The third-order valence-corrected chi connectivity index (χ3v) is 5.96. The Labute approximate surface area is 205 Å². The van der Waals surface area contributed by atoms with Crippen LogP contribution in [0.15, 0.2) is 47.0 Å². The van der Waals surface area contributed by atoms with Crippen LogP contribution in [0.5, 0.6) is 11.5 Å². The summed E-state index contributed by atoms with van der Waals surface area (Å²) in [5.41, 5.74) is 2.95. The number of nitrogens with zero attached hydrogens (tertiary/aromatic N) is 4. The second-order valence-corrected chi connectivity index (χ2v) is 8.43. The number of carbonyl (C=O) groups is 1. The van der Waals surface area contributed by atoms with Crippen molar-refractivity contribution in [2.45, 2.75) is 34.2 Å². The number of hydrogen-bond acceptors (Lipinski definition) is 7. The van der Waals surface area contributed by atoms with Crippen molar-refractivity contribution in [1.82, 2.24) is 14.9 Å². The predicted octanol–water partition coefficient (Wildman–Crippen LogP) is 5.76. The van der Waals surface area contributed by atoms with E-state index in [1.807, 2.05) is 26.0 Å². The Morgan fingerprint density at radius 3 is 2.49 bits per heavy atom. The minimum absolute atomic E-state index is 0.0404. The lowest BCUT2D eigenvalue weighted by molar-refractivity contribution is -0.384. The Morgan fingerprint density at radius 2 is 1.86 bits per heavy atom. The summed E-state index contributed by atoms with van der Waals surface area (Å²) in [7, 11) is 0. The zero-order valence-corrected chi connectivity index (χ0v) is 20.2. The van der Waals surface area contributed by atoms with Gasteiger partial charge in [-0.15, -0.1) is 0 Å². The van der Waals surface area contributed by atoms with Crippen LogP contribution in [0.3, 0.4) is 0 Å². The van der Waals surface area contributed by atoms with Crippen LogP contribution in [-0.4, -0.2) is 25.8 Å². The number of ether oxygens (including phenoxy) is 1. The quantitative estimate of drug-likeness (QED) is 0.255. The van der Waals surface area contributed by atoms with E-state index < -0.39 is 10.8 Å². The first kappa shape index (κ1) is 24.0. The van der Waals surface area contributed by atoms with Gasteiger partial charge in [0.1, 0.15) is 17.3 Å². The van der Waals surface area contributed by atoms with Gasteiger partial charge in [-0.3, -0.25) is 19.6 Å². The van der Waals surface area contributed by atoms with Crippen LogP contribution in [0.4, 0.5) is 11.4 Å². The van der Waals surface area contributed by atoms with Gasteiger partial charge in [-0.05, 0) is 39.8 Å². The number of hydrogen-bond donors (Lipinski definition) is 1. The third kappa shape index (κ3) is 5.17. The molecule has 1 amide bonds. The highest BCUT2D eigenvalue weighted by atomic mass is 35.5. The Balaban J connectivity index is 1.61. The summed E-state index contributed by atoms with van der Waals surface area (Å²) in [4.78, 5) is 24.0. The van der Waals surface area contributed by atoms with E-state index in [0.717, 1.165) is 11.3 Å². The Morgan fingerprint density at radius 1 is 1.14 bits per heavy atom. The molecular weight excluding hydrogens is 474 g/mol. The molecular formula is C24H22ClN5O5. The van der Waals surface area contributed by atoms with Crippen LogP contribution in [0, 0.1) is 37.8 Å². The van der Waals surface area contributed by atoms with Crippen molar-refractivity contribution < 1.29 is 19.0 Å². The van der Waals surface area contributed by atoms with E-state index >= 15 is 0 Å². The highest BCUT2D eigenvalue weighted by Crippen LogP contribution is 2.30. The number of nitrogens with one attached hydrogen (secondary N) is 1. The highest BCUT2D eigenvalue weighted by Gasteiger charge is 2.23. The molecule has 0 radical (unpaired) electrons. The molecule has 0 atom stereocenters. The van der Waals surface area contributed by atoms with Crippen molar-refractivity contribution in [2.75, 3.05) is 5.32 Å². The lowest BCUT2D eigenvalue weighted by Crippen LogP contribution is -2.16. The zero-order chi connectivity index (χ0) is 25.3. The Hall–Kier alpha value is -4.18. The SMILES string of the molecule is Cc1ccc(Oc2cc(NC(=O)c3noc(C)c3Cn3nc(C)c(Cl)c3C)cc([N+](=O)[O-])c2)cc1. The lowest BCUT2D eigenvalue weighted by atomic mass is 10.1. The summed E-state index contributed by atoms with van der Waals surface area (Å²) in [6, 6.07) is 11.3. The fraction of sp³-hybridized carbons (Fsp3) is 0.208. The molecule has 10 nitrogen and oxygen atoms in total. The van der Waals surface area contributed by atoms with Crippen LogP contribution in [0.2, 0.25) is 5.02 Å². The number of benzene rings is 2. The van der Waals surface area contributed by atoms with Gasteiger partial charge in [0.15, 0.2) is 5.69 Å². The molecule has 0 aliphatic rings. The van der Waals surface area contributed by atoms with Crippen LogP contribution >= 0.6 is 11.6 Å². The van der Waals surface area contributed by atoms with Gasteiger partial charge in [0.25, 0.3) is 11.6 Å². The minimum atomic E-state index is -0.591. The molecule has 0 saturated carbocycles. The molecule has 0 aliphatic heterocycles. The fourth-order valence-corrected chi connectivity index (χ4v) is 3.62. The molecule has 35 heavy (non-hydrogen) atoms. The molecule has 0 aliphatic carbocycles. The topological polar surface area (TPSA) is 125 Å². The molecule has 2 heterocycles. The molecule has 2 aromatic heterocycles. The minimum Gasteiger partial charge on any atom is -0.457 e. The molecule has 0 spiro atoms. The van der Waals surface area contributed by atoms with Crippen LogP contribution < -0.4 is 10.1 Å². The van der Waals surface area contributed by atoms with E-state index in [1.54, 1.807) is 30.7 Å². The second kappa shape index (κ2) is 9.59. The summed E-state index contributed by atoms with van der Waals surface area (Å²) in [6.07, 6.45) is 0. The van der Waals surface area contributed by atoms with Gasteiger partial charge in [-0.1, -0.05) is 34.5 Å². The molecule has 180 valence electrons. The Bertz CT molecular complexity index is 1430. The van der Waals surface area contributed by atoms with E-state index in [0.29, 0.717) is 27.8 Å². The van der Waals surface area contributed by atoms with Gasteiger partial charge < -0.3 is 14.6 Å². The van der Waals surface area contributed by atoms with Crippen molar-refractivity contribution >= 4 is 28.9 Å². The largest absolute Gasteiger partial charge is 0.457 e. The van der Waals surface area contributed by atoms with Crippen molar-refractivity contribution in [1.29, 1.82) is 0 Å². The van der Waals surface area contributed by atoms with Crippen molar-refractivity contribution in [3.05, 3.63) is 91.6 Å². The number of carbonyl (C=O) groups excluding carboxylic acids is 1. The van der Waals surface area contributed by atoms with Crippen molar-refractivity contribution in [3.63, 3.8) is 0 Å². The second-order valence-electron chi connectivity index (χ2n) is 8.05. The maximum absolute atomic E-state index is 13.1. The van der Waals surface area contributed by atoms with Crippen LogP contribution in [0.1, 0.15) is 38.8 Å².